The van der Waals surface area contributed by atoms with E-state index in [0.717, 1.165) is 21.8 Å². The van der Waals surface area contributed by atoms with Crippen molar-refractivity contribution < 1.29 is 13.7 Å². The van der Waals surface area contributed by atoms with Crippen LogP contribution in [0.5, 0.6) is 0 Å². The topological polar surface area (TPSA) is 68.0 Å². The van der Waals surface area contributed by atoms with E-state index in [0.29, 0.717) is 6.54 Å². The summed E-state index contributed by atoms with van der Waals surface area (Å²) < 4.78 is 19.5. The number of benzene rings is 2. The molecule has 0 aliphatic rings. The van der Waals surface area contributed by atoms with Crippen molar-refractivity contribution in [2.75, 3.05) is 0 Å². The quantitative estimate of drug-likeness (QED) is 0.424. The first-order valence-corrected chi connectivity index (χ1v) is 10.4. The number of rotatable bonds is 5. The van der Waals surface area contributed by atoms with E-state index in [4.69, 9.17) is 16.1 Å². The largest absolute Gasteiger partial charge is 0.360 e. The number of aromatic nitrogens is 2. The highest BCUT2D eigenvalue weighted by Gasteiger charge is 2.25. The number of amides is 1. The zero-order valence-electron chi connectivity index (χ0n) is 16.2. The highest BCUT2D eigenvalue weighted by Crippen LogP contribution is 2.33. The first kappa shape index (κ1) is 20.3. The molecule has 4 aromatic rings. The number of thiazole rings is 1. The molecule has 0 saturated heterocycles. The van der Waals surface area contributed by atoms with Crippen molar-refractivity contribution in [1.82, 2.24) is 15.5 Å². The molecule has 0 saturated carbocycles. The number of carbonyl (C=O) groups excluding carboxylic acids is 1. The second-order valence-electron chi connectivity index (χ2n) is 6.69. The van der Waals surface area contributed by atoms with E-state index >= 15 is 0 Å². The number of aryl methyl sites for hydroxylation is 2. The number of hydrogen-bond acceptors (Lipinski definition) is 5. The summed E-state index contributed by atoms with van der Waals surface area (Å²) in [7, 11) is 0. The Balaban J connectivity index is 1.52. The van der Waals surface area contributed by atoms with Crippen molar-refractivity contribution in [3.05, 3.63) is 80.6 Å². The zero-order valence-corrected chi connectivity index (χ0v) is 17.8. The monoisotopic (exact) mass is 441 g/mol. The van der Waals surface area contributed by atoms with E-state index < -0.39 is 11.7 Å². The van der Waals surface area contributed by atoms with Gasteiger partial charge in [-0.1, -0.05) is 47.1 Å². The predicted octanol–water partition coefficient (Wildman–Crippen LogP) is 5.80. The lowest BCUT2D eigenvalue weighted by atomic mass is 10.0. The van der Waals surface area contributed by atoms with Crippen molar-refractivity contribution in [2.45, 2.75) is 20.4 Å². The highest BCUT2D eigenvalue weighted by molar-refractivity contribution is 7.09. The molecule has 1 amide bonds. The van der Waals surface area contributed by atoms with Gasteiger partial charge in [0.25, 0.3) is 5.91 Å². The Kier molecular flexibility index (Phi) is 5.65. The summed E-state index contributed by atoms with van der Waals surface area (Å²) in [6.07, 6.45) is 0. The first-order chi connectivity index (χ1) is 14.4. The lowest BCUT2D eigenvalue weighted by Gasteiger charge is -2.08. The fourth-order valence-electron chi connectivity index (χ4n) is 3.09. The first-order valence-electron chi connectivity index (χ1n) is 9.14. The molecule has 2 heterocycles. The molecular formula is C22H17ClFN3O2S. The van der Waals surface area contributed by atoms with Crippen LogP contribution in [0.3, 0.4) is 0 Å². The summed E-state index contributed by atoms with van der Waals surface area (Å²) in [6, 6.07) is 12.1. The van der Waals surface area contributed by atoms with Crippen molar-refractivity contribution in [1.29, 1.82) is 0 Å². The van der Waals surface area contributed by atoms with E-state index in [1.54, 1.807) is 18.3 Å². The molecule has 0 radical (unpaired) electrons. The summed E-state index contributed by atoms with van der Waals surface area (Å²) in [5.74, 6) is -0.698. The molecule has 0 spiro atoms. The van der Waals surface area contributed by atoms with Crippen LogP contribution in [0.15, 0.2) is 52.4 Å². The van der Waals surface area contributed by atoms with E-state index in [9.17, 15) is 9.18 Å². The van der Waals surface area contributed by atoms with Crippen molar-refractivity contribution in [3.63, 3.8) is 0 Å². The number of hydrogen-bond donors (Lipinski definition) is 1. The van der Waals surface area contributed by atoms with E-state index in [1.807, 2.05) is 36.6 Å². The van der Waals surface area contributed by atoms with Gasteiger partial charge in [0.05, 0.1) is 21.3 Å². The van der Waals surface area contributed by atoms with Gasteiger partial charge in [0, 0.05) is 17.5 Å². The van der Waals surface area contributed by atoms with Gasteiger partial charge in [-0.25, -0.2) is 9.37 Å². The van der Waals surface area contributed by atoms with Gasteiger partial charge in [-0.05, 0) is 31.5 Å². The molecule has 0 unspecified atom stereocenters. The predicted molar refractivity (Wildman–Crippen MR) is 115 cm³/mol. The van der Waals surface area contributed by atoms with Gasteiger partial charge in [0.1, 0.15) is 22.8 Å². The molecule has 0 atom stereocenters. The molecule has 1 N–H and O–H groups in total. The van der Waals surface area contributed by atoms with Crippen LogP contribution in [-0.2, 0) is 6.54 Å². The molecule has 0 bridgehead atoms. The van der Waals surface area contributed by atoms with E-state index in [1.165, 1.54) is 18.2 Å². The summed E-state index contributed by atoms with van der Waals surface area (Å²) in [6.45, 7) is 3.86. The lowest BCUT2D eigenvalue weighted by molar-refractivity contribution is 0.0950. The van der Waals surface area contributed by atoms with Gasteiger partial charge in [-0.3, -0.25) is 4.79 Å². The Morgan fingerprint density at radius 3 is 2.63 bits per heavy atom. The maximum atomic E-state index is 14.3. The number of halogens is 2. The third-order valence-corrected chi connectivity index (χ3v) is 5.70. The molecule has 5 nitrogen and oxygen atoms in total. The van der Waals surface area contributed by atoms with E-state index in [-0.39, 0.29) is 27.6 Å². The Morgan fingerprint density at radius 1 is 1.20 bits per heavy atom. The third-order valence-electron chi connectivity index (χ3n) is 4.61. The molecule has 4 rings (SSSR count). The Morgan fingerprint density at radius 2 is 1.97 bits per heavy atom. The molecular weight excluding hydrogens is 425 g/mol. The van der Waals surface area contributed by atoms with Crippen LogP contribution in [0.4, 0.5) is 4.39 Å². The Labute approximate surface area is 181 Å². The minimum absolute atomic E-state index is 0.0454. The molecule has 2 aromatic carbocycles. The minimum Gasteiger partial charge on any atom is -0.360 e. The maximum absolute atomic E-state index is 14.3. The average Bonchev–Trinajstić information content (AvgIpc) is 3.32. The number of carbonyl (C=O) groups is 1. The van der Waals surface area contributed by atoms with Gasteiger partial charge in [0.2, 0.25) is 0 Å². The van der Waals surface area contributed by atoms with Crippen LogP contribution in [0.1, 0.15) is 26.7 Å². The maximum Gasteiger partial charge on any atom is 0.257 e. The lowest BCUT2D eigenvalue weighted by Crippen LogP contribution is -2.23. The average molecular weight is 442 g/mol. The van der Waals surface area contributed by atoms with Gasteiger partial charge in [-0.15, -0.1) is 11.3 Å². The van der Waals surface area contributed by atoms with Crippen molar-refractivity contribution in [2.24, 2.45) is 0 Å². The fourth-order valence-corrected chi connectivity index (χ4v) is 3.97. The van der Waals surface area contributed by atoms with Crippen LogP contribution in [0, 0.1) is 19.7 Å². The molecule has 2 aromatic heterocycles. The van der Waals surface area contributed by atoms with Gasteiger partial charge < -0.3 is 9.84 Å². The standard InChI is InChI=1S/C22H17ClFN3O2S/c1-12-19(21(27-29-12)20-16(23)4-3-5-17(20)24)22(28)25-10-14-6-8-15(9-7-14)18-11-30-13(2)26-18/h3-9,11H,10H2,1-2H3,(H,25,28). The Hall–Kier alpha value is -3.03. The van der Waals surface area contributed by atoms with Crippen LogP contribution in [0.25, 0.3) is 22.5 Å². The summed E-state index contributed by atoms with van der Waals surface area (Å²) in [5.41, 5.74) is 3.15. The SMILES string of the molecule is Cc1nc(-c2ccc(CNC(=O)c3c(-c4c(F)cccc4Cl)noc3C)cc2)cs1. The normalized spacial score (nSPS) is 10.9. The second kappa shape index (κ2) is 8.38. The third kappa shape index (κ3) is 3.99. The van der Waals surface area contributed by atoms with Crippen LogP contribution in [0.2, 0.25) is 5.02 Å². The second-order valence-corrected chi connectivity index (χ2v) is 8.16. The van der Waals surface area contributed by atoms with Crippen LogP contribution < -0.4 is 5.32 Å². The molecule has 0 aliphatic heterocycles. The minimum atomic E-state index is -0.572. The molecule has 8 heteroatoms. The van der Waals surface area contributed by atoms with Gasteiger partial charge in [-0.2, -0.15) is 0 Å². The zero-order chi connectivity index (χ0) is 21.3. The Bertz CT molecular complexity index is 1200. The molecule has 30 heavy (non-hydrogen) atoms. The van der Waals surface area contributed by atoms with E-state index in [2.05, 4.69) is 15.5 Å². The fraction of sp³-hybridized carbons (Fsp3) is 0.136. The summed E-state index contributed by atoms with van der Waals surface area (Å²) >= 11 is 7.73. The molecule has 0 aliphatic carbocycles. The molecule has 152 valence electrons. The number of nitrogens with zero attached hydrogens (tertiary/aromatic N) is 2. The van der Waals surface area contributed by atoms with Crippen molar-refractivity contribution in [3.8, 4) is 22.5 Å². The van der Waals surface area contributed by atoms with Crippen LogP contribution >= 0.6 is 22.9 Å². The summed E-state index contributed by atoms with van der Waals surface area (Å²) in [5, 5.41) is 9.88. The van der Waals surface area contributed by atoms with Gasteiger partial charge in [0.15, 0.2) is 0 Å². The smallest absolute Gasteiger partial charge is 0.257 e. The van der Waals surface area contributed by atoms with Gasteiger partial charge >= 0.3 is 0 Å². The summed E-state index contributed by atoms with van der Waals surface area (Å²) in [4.78, 5) is 17.3. The van der Waals surface area contributed by atoms with Crippen LogP contribution in [-0.4, -0.2) is 16.0 Å². The van der Waals surface area contributed by atoms with Crippen molar-refractivity contribution >= 4 is 28.8 Å². The number of nitrogens with one attached hydrogen (secondary N) is 1. The molecule has 0 fully saturated rings. The highest BCUT2D eigenvalue weighted by atomic mass is 35.5.